The van der Waals surface area contributed by atoms with Crippen molar-refractivity contribution in [3.8, 4) is 0 Å². The monoisotopic (exact) mass is 552 g/mol. The van der Waals surface area contributed by atoms with Crippen molar-refractivity contribution in [3.05, 3.63) is 101 Å². The molecule has 2 amide bonds. The molecule has 0 saturated carbocycles. The van der Waals surface area contributed by atoms with E-state index < -0.39 is 33.4 Å². The largest absolute Gasteiger partial charge is 0.352 e. The van der Waals surface area contributed by atoms with Gasteiger partial charge in [-0.2, -0.15) is 0 Å². The molecule has 39 heavy (non-hydrogen) atoms. The Morgan fingerprint density at radius 1 is 0.923 bits per heavy atom. The minimum atomic E-state index is -4.24. The lowest BCUT2D eigenvalue weighted by Gasteiger charge is -2.33. The molecule has 3 rings (SSSR count). The zero-order chi connectivity index (χ0) is 28.6. The zero-order valence-electron chi connectivity index (χ0n) is 22.1. The molecule has 0 fully saturated rings. The number of nitrogens with one attached hydrogen (secondary N) is 1. The quantitative estimate of drug-likeness (QED) is 0.266. The molecule has 0 heterocycles. The summed E-state index contributed by atoms with van der Waals surface area (Å²) in [6.45, 7) is 4.88. The van der Waals surface area contributed by atoms with Gasteiger partial charge in [-0.1, -0.05) is 55.5 Å². The summed E-state index contributed by atoms with van der Waals surface area (Å²) in [5.41, 5.74) is 0.635. The van der Waals surface area contributed by atoms with Gasteiger partial charge in [-0.25, -0.2) is 8.42 Å². The number of hydrogen-bond acceptors (Lipinski definition) is 6. The number of benzene rings is 3. The average molecular weight is 553 g/mol. The molecule has 0 saturated heterocycles. The lowest BCUT2D eigenvalue weighted by Crippen LogP contribution is -2.53. The second-order valence-corrected chi connectivity index (χ2v) is 11.1. The highest BCUT2D eigenvalue weighted by Gasteiger charge is 2.34. The van der Waals surface area contributed by atoms with E-state index in [4.69, 9.17) is 0 Å². The summed E-state index contributed by atoms with van der Waals surface area (Å²) in [4.78, 5) is 38.9. The molecule has 206 valence electrons. The van der Waals surface area contributed by atoms with Crippen LogP contribution < -0.4 is 9.62 Å². The van der Waals surface area contributed by atoms with Crippen LogP contribution in [0.3, 0.4) is 0 Å². The van der Waals surface area contributed by atoms with Gasteiger partial charge in [0.2, 0.25) is 11.8 Å². The van der Waals surface area contributed by atoms with Crippen LogP contribution in [0.25, 0.3) is 0 Å². The Labute approximate surface area is 228 Å². The highest BCUT2D eigenvalue weighted by atomic mass is 32.2. The summed E-state index contributed by atoms with van der Waals surface area (Å²) < 4.78 is 28.4. The summed E-state index contributed by atoms with van der Waals surface area (Å²) >= 11 is 0. The highest BCUT2D eigenvalue weighted by molar-refractivity contribution is 7.92. The van der Waals surface area contributed by atoms with Crippen LogP contribution in [-0.2, 0) is 26.2 Å². The van der Waals surface area contributed by atoms with Crippen molar-refractivity contribution in [3.63, 3.8) is 0 Å². The van der Waals surface area contributed by atoms with Crippen molar-refractivity contribution in [2.24, 2.45) is 0 Å². The van der Waals surface area contributed by atoms with Crippen LogP contribution in [0.4, 0.5) is 11.4 Å². The van der Waals surface area contributed by atoms with Crippen LogP contribution in [-0.4, -0.2) is 48.7 Å². The molecular formula is C28H32N4O6S. The Kier molecular flexibility index (Phi) is 9.78. The fraction of sp³-hybridized carbons (Fsp3) is 0.286. The minimum absolute atomic E-state index is 0.0460. The molecule has 0 aliphatic heterocycles. The predicted molar refractivity (Wildman–Crippen MR) is 148 cm³/mol. The maximum Gasteiger partial charge on any atom is 0.269 e. The third-order valence-corrected chi connectivity index (χ3v) is 7.76. The van der Waals surface area contributed by atoms with Crippen LogP contribution >= 0.6 is 0 Å². The molecule has 0 aliphatic carbocycles. The van der Waals surface area contributed by atoms with Crippen molar-refractivity contribution in [1.82, 2.24) is 10.2 Å². The lowest BCUT2D eigenvalue weighted by atomic mass is 10.1. The highest BCUT2D eigenvalue weighted by Crippen LogP contribution is 2.26. The van der Waals surface area contributed by atoms with Gasteiger partial charge in [0, 0.05) is 24.7 Å². The van der Waals surface area contributed by atoms with E-state index >= 15 is 0 Å². The van der Waals surface area contributed by atoms with Gasteiger partial charge >= 0.3 is 0 Å². The second-order valence-electron chi connectivity index (χ2n) is 9.19. The molecule has 0 bridgehead atoms. The number of nitrogens with zero attached hydrogens (tertiary/aromatic N) is 3. The van der Waals surface area contributed by atoms with Crippen LogP contribution in [0.15, 0.2) is 89.8 Å². The third kappa shape index (κ3) is 7.41. The van der Waals surface area contributed by atoms with Crippen molar-refractivity contribution < 1.29 is 22.9 Å². The number of carbonyl (C=O) groups is 2. The van der Waals surface area contributed by atoms with Crippen molar-refractivity contribution in [2.75, 3.05) is 10.8 Å². The first-order valence-electron chi connectivity index (χ1n) is 12.5. The maximum atomic E-state index is 13.9. The van der Waals surface area contributed by atoms with Gasteiger partial charge in [-0.3, -0.25) is 24.0 Å². The van der Waals surface area contributed by atoms with Gasteiger partial charge < -0.3 is 10.2 Å². The number of anilines is 1. The molecule has 11 heteroatoms. The second kappa shape index (κ2) is 13.0. The number of carbonyl (C=O) groups excluding carboxylic acids is 2. The zero-order valence-corrected chi connectivity index (χ0v) is 22.9. The molecule has 3 aromatic carbocycles. The summed E-state index contributed by atoms with van der Waals surface area (Å²) in [5.74, 6) is -0.938. The Hall–Kier alpha value is -4.25. The van der Waals surface area contributed by atoms with Gasteiger partial charge in [0.05, 0.1) is 15.5 Å². The Morgan fingerprint density at radius 2 is 1.49 bits per heavy atom. The first-order chi connectivity index (χ1) is 18.5. The van der Waals surface area contributed by atoms with E-state index in [2.05, 4.69) is 5.32 Å². The first kappa shape index (κ1) is 29.3. The van der Waals surface area contributed by atoms with Crippen LogP contribution in [0, 0.1) is 10.1 Å². The molecule has 0 radical (unpaired) electrons. The van der Waals surface area contributed by atoms with Crippen molar-refractivity contribution in [2.45, 2.75) is 50.7 Å². The van der Waals surface area contributed by atoms with E-state index in [1.165, 1.54) is 41.3 Å². The Bertz CT molecular complexity index is 1380. The smallest absolute Gasteiger partial charge is 0.269 e. The number of nitro groups is 1. The molecule has 10 nitrogen and oxygen atoms in total. The topological polar surface area (TPSA) is 130 Å². The SMILES string of the molecule is CCC(C(=O)NC(C)C)N(Cc1ccccc1)C(=O)CN(c1ccc([N+](=O)[O-])cc1)S(=O)(=O)c1ccccc1. The van der Waals surface area contributed by atoms with E-state index in [0.717, 1.165) is 9.87 Å². The summed E-state index contributed by atoms with van der Waals surface area (Å²) in [7, 11) is -4.24. The number of rotatable bonds is 12. The molecule has 0 aliphatic rings. The van der Waals surface area contributed by atoms with Gasteiger partial charge in [0.1, 0.15) is 12.6 Å². The van der Waals surface area contributed by atoms with Gasteiger partial charge in [0.15, 0.2) is 0 Å². The van der Waals surface area contributed by atoms with E-state index in [0.29, 0.717) is 6.42 Å². The molecular weight excluding hydrogens is 520 g/mol. The number of amides is 2. The molecule has 3 aromatic rings. The van der Waals surface area contributed by atoms with Gasteiger partial charge in [-0.05, 0) is 50.1 Å². The fourth-order valence-corrected chi connectivity index (χ4v) is 5.50. The maximum absolute atomic E-state index is 13.9. The number of hydrogen-bond donors (Lipinski definition) is 1. The van der Waals surface area contributed by atoms with Crippen LogP contribution in [0.2, 0.25) is 0 Å². The minimum Gasteiger partial charge on any atom is -0.352 e. The lowest BCUT2D eigenvalue weighted by molar-refractivity contribution is -0.384. The Balaban J connectivity index is 2.06. The molecule has 1 unspecified atom stereocenters. The number of nitro benzene ring substituents is 1. The van der Waals surface area contributed by atoms with Gasteiger partial charge in [-0.15, -0.1) is 0 Å². The van der Waals surface area contributed by atoms with Crippen molar-refractivity contribution in [1.29, 1.82) is 0 Å². The molecule has 1 N–H and O–H groups in total. The Morgan fingerprint density at radius 3 is 2.00 bits per heavy atom. The fourth-order valence-electron chi connectivity index (χ4n) is 4.07. The van der Waals surface area contributed by atoms with Crippen LogP contribution in [0.5, 0.6) is 0 Å². The van der Waals surface area contributed by atoms with E-state index in [1.54, 1.807) is 25.1 Å². The molecule has 0 aromatic heterocycles. The number of sulfonamides is 1. The standard InChI is InChI=1S/C28H32N4O6S/c1-4-26(28(34)29-21(2)3)30(19-22-11-7-5-8-12-22)27(33)20-31(23-15-17-24(18-16-23)32(35)36)39(37,38)25-13-9-6-10-14-25/h5-18,21,26H,4,19-20H2,1-3H3,(H,29,34). The van der Waals surface area contributed by atoms with Crippen LogP contribution in [0.1, 0.15) is 32.8 Å². The average Bonchev–Trinajstić information content (AvgIpc) is 2.92. The van der Waals surface area contributed by atoms with Crippen molar-refractivity contribution >= 4 is 33.2 Å². The summed E-state index contributed by atoms with van der Waals surface area (Å²) in [6, 6.07) is 20.6. The van der Waals surface area contributed by atoms with E-state index in [1.807, 2.05) is 44.2 Å². The van der Waals surface area contributed by atoms with E-state index in [-0.39, 0.29) is 34.8 Å². The summed E-state index contributed by atoms with van der Waals surface area (Å²) in [6.07, 6.45) is 0.306. The molecule has 1 atom stereocenters. The number of non-ortho nitro benzene ring substituents is 1. The van der Waals surface area contributed by atoms with E-state index in [9.17, 15) is 28.1 Å². The molecule has 0 spiro atoms. The van der Waals surface area contributed by atoms with Gasteiger partial charge in [0.25, 0.3) is 15.7 Å². The third-order valence-electron chi connectivity index (χ3n) is 5.97. The summed E-state index contributed by atoms with van der Waals surface area (Å²) in [5, 5.41) is 14.0. The first-order valence-corrected chi connectivity index (χ1v) is 13.9. The normalized spacial score (nSPS) is 12.0. The predicted octanol–water partition coefficient (Wildman–Crippen LogP) is 4.12.